The topological polar surface area (TPSA) is 62.0 Å². The van der Waals surface area contributed by atoms with Crippen LogP contribution in [0.4, 0.5) is 0 Å². The maximum Gasteiger partial charge on any atom is 0.115 e. The molecule has 2 saturated carbocycles. The molecule has 0 spiro atoms. The van der Waals surface area contributed by atoms with Gasteiger partial charge in [0.05, 0.1) is 5.71 Å². The van der Waals surface area contributed by atoms with Gasteiger partial charge < -0.3 is 15.1 Å². The van der Waals surface area contributed by atoms with Crippen molar-refractivity contribution in [1.29, 1.82) is 0 Å². The molecule has 1 aromatic carbocycles. The Morgan fingerprint density at radius 1 is 1.30 bits per heavy atom. The van der Waals surface area contributed by atoms with Crippen LogP contribution < -0.4 is 0 Å². The van der Waals surface area contributed by atoms with Crippen LogP contribution in [0.15, 0.2) is 23.4 Å². The molecule has 2 fully saturated rings. The van der Waals surface area contributed by atoms with E-state index in [9.17, 15) is 10.2 Å². The maximum absolute atomic E-state index is 10.8. The van der Waals surface area contributed by atoms with Crippen LogP contribution in [0.2, 0.25) is 0 Å². The summed E-state index contributed by atoms with van der Waals surface area (Å²) in [6, 6.07) is 5.86. The maximum atomic E-state index is 10.8. The third-order valence-corrected chi connectivity index (χ3v) is 6.73. The summed E-state index contributed by atoms with van der Waals surface area (Å²) in [5.74, 6) is 1.97. The summed E-state index contributed by atoms with van der Waals surface area (Å²) in [5.41, 5.74) is 3.46. The van der Waals surface area contributed by atoms with Gasteiger partial charge in [-0.25, -0.2) is 0 Å². The molecule has 0 aromatic heterocycles. The van der Waals surface area contributed by atoms with Gasteiger partial charge in [0.15, 0.2) is 0 Å². The molecule has 2 N–H and O–H groups in total. The lowest BCUT2D eigenvalue weighted by molar-refractivity contribution is -0.0122. The standard InChI is InChI=1S/C19H25NO3/c1-19-8-7-14-13-6-4-12(21)9-11(13)3-5-15(14)16(19)10-17(18(19)22)20-23-2/h4,6,9,14-16,18,21-22H,3,5,7-8,10H2,1-2H3. The molecule has 0 amide bonds. The van der Waals surface area contributed by atoms with E-state index in [2.05, 4.69) is 18.1 Å². The smallest absolute Gasteiger partial charge is 0.115 e. The highest BCUT2D eigenvalue weighted by molar-refractivity contribution is 5.91. The van der Waals surface area contributed by atoms with Crippen molar-refractivity contribution in [2.75, 3.05) is 7.11 Å². The van der Waals surface area contributed by atoms with Crippen molar-refractivity contribution in [1.82, 2.24) is 0 Å². The number of oxime groups is 1. The Morgan fingerprint density at radius 3 is 2.91 bits per heavy atom. The highest BCUT2D eigenvalue weighted by Crippen LogP contribution is 2.60. The zero-order valence-electron chi connectivity index (χ0n) is 13.8. The number of hydrogen-bond acceptors (Lipinski definition) is 4. The van der Waals surface area contributed by atoms with Crippen LogP contribution in [-0.2, 0) is 11.3 Å². The van der Waals surface area contributed by atoms with Crippen molar-refractivity contribution < 1.29 is 15.1 Å². The largest absolute Gasteiger partial charge is 0.508 e. The van der Waals surface area contributed by atoms with Crippen LogP contribution >= 0.6 is 0 Å². The van der Waals surface area contributed by atoms with Gasteiger partial charge in [0.1, 0.15) is 19.0 Å². The number of benzene rings is 1. The SMILES string of the molecule is CON=C1CC2C3CCc4cc(O)ccc4C3CCC2(C)C1O. The fraction of sp³-hybridized carbons (Fsp3) is 0.632. The average molecular weight is 315 g/mol. The van der Waals surface area contributed by atoms with Crippen LogP contribution in [0, 0.1) is 17.3 Å². The third-order valence-electron chi connectivity index (χ3n) is 6.73. The minimum Gasteiger partial charge on any atom is -0.508 e. The van der Waals surface area contributed by atoms with Crippen molar-refractivity contribution in [2.45, 2.75) is 51.0 Å². The number of aliphatic hydroxyl groups excluding tert-OH is 1. The molecule has 5 unspecified atom stereocenters. The normalized spacial score (nSPS) is 40.4. The van der Waals surface area contributed by atoms with Crippen molar-refractivity contribution in [3.05, 3.63) is 29.3 Å². The van der Waals surface area contributed by atoms with Gasteiger partial charge in [-0.2, -0.15) is 0 Å². The first kappa shape index (κ1) is 15.0. The van der Waals surface area contributed by atoms with Crippen LogP contribution in [0.5, 0.6) is 5.75 Å². The molecular formula is C19H25NO3. The fourth-order valence-electron chi connectivity index (χ4n) is 5.56. The minimum absolute atomic E-state index is 0.0764. The molecule has 1 aromatic rings. The van der Waals surface area contributed by atoms with E-state index >= 15 is 0 Å². The number of phenols is 1. The minimum atomic E-state index is -0.477. The van der Waals surface area contributed by atoms with E-state index in [1.54, 1.807) is 7.11 Å². The van der Waals surface area contributed by atoms with Crippen LogP contribution in [0.3, 0.4) is 0 Å². The lowest BCUT2D eigenvalue weighted by atomic mass is 9.55. The van der Waals surface area contributed by atoms with Crippen molar-refractivity contribution in [3.8, 4) is 5.75 Å². The lowest BCUT2D eigenvalue weighted by Gasteiger charge is -2.49. The molecular weight excluding hydrogens is 290 g/mol. The number of rotatable bonds is 1. The summed E-state index contributed by atoms with van der Waals surface area (Å²) in [4.78, 5) is 4.95. The second-order valence-corrected chi connectivity index (χ2v) is 7.71. The first-order valence-corrected chi connectivity index (χ1v) is 8.64. The number of aliphatic hydroxyl groups is 1. The van der Waals surface area contributed by atoms with Gasteiger partial charge in [-0.15, -0.1) is 0 Å². The molecule has 23 heavy (non-hydrogen) atoms. The van der Waals surface area contributed by atoms with Gasteiger partial charge in [-0.05, 0) is 73.1 Å². The summed E-state index contributed by atoms with van der Waals surface area (Å²) >= 11 is 0. The number of hydrogen-bond donors (Lipinski definition) is 2. The van der Waals surface area contributed by atoms with Gasteiger partial charge in [0.25, 0.3) is 0 Å². The van der Waals surface area contributed by atoms with E-state index in [4.69, 9.17) is 4.84 Å². The fourth-order valence-corrected chi connectivity index (χ4v) is 5.56. The molecule has 4 heteroatoms. The highest BCUT2D eigenvalue weighted by Gasteiger charge is 2.57. The molecule has 0 heterocycles. The van der Waals surface area contributed by atoms with Gasteiger partial charge in [0.2, 0.25) is 0 Å². The molecule has 3 aliphatic rings. The first-order chi connectivity index (χ1) is 11.0. The molecule has 0 saturated heterocycles. The van der Waals surface area contributed by atoms with Gasteiger partial charge in [-0.3, -0.25) is 0 Å². The Kier molecular flexibility index (Phi) is 3.41. The van der Waals surface area contributed by atoms with Gasteiger partial charge >= 0.3 is 0 Å². The van der Waals surface area contributed by atoms with E-state index < -0.39 is 6.10 Å². The molecule has 0 aliphatic heterocycles. The Morgan fingerprint density at radius 2 is 2.13 bits per heavy atom. The first-order valence-electron chi connectivity index (χ1n) is 8.64. The second-order valence-electron chi connectivity index (χ2n) is 7.71. The van der Waals surface area contributed by atoms with Crippen molar-refractivity contribution in [2.24, 2.45) is 22.4 Å². The second kappa shape index (κ2) is 5.23. The molecule has 5 atom stereocenters. The summed E-state index contributed by atoms with van der Waals surface area (Å²) in [5, 5.41) is 24.6. The Labute approximate surface area is 137 Å². The third kappa shape index (κ3) is 2.11. The summed E-state index contributed by atoms with van der Waals surface area (Å²) in [6.45, 7) is 2.23. The average Bonchev–Trinajstić information content (AvgIpc) is 2.79. The van der Waals surface area contributed by atoms with Gasteiger partial charge in [-0.1, -0.05) is 18.1 Å². The summed E-state index contributed by atoms with van der Waals surface area (Å²) in [7, 11) is 1.55. The van der Waals surface area contributed by atoms with Crippen molar-refractivity contribution in [3.63, 3.8) is 0 Å². The van der Waals surface area contributed by atoms with E-state index in [1.807, 2.05) is 12.1 Å². The van der Waals surface area contributed by atoms with Crippen LogP contribution in [0.25, 0.3) is 0 Å². The molecule has 0 bridgehead atoms. The molecule has 0 radical (unpaired) electrons. The molecule has 4 nitrogen and oxygen atoms in total. The van der Waals surface area contributed by atoms with Crippen molar-refractivity contribution >= 4 is 5.71 Å². The molecule has 124 valence electrons. The van der Waals surface area contributed by atoms with E-state index in [0.717, 1.165) is 37.8 Å². The Balaban J connectivity index is 1.70. The lowest BCUT2D eigenvalue weighted by Crippen LogP contribution is -2.44. The summed E-state index contributed by atoms with van der Waals surface area (Å²) < 4.78 is 0. The number of aryl methyl sites for hydroxylation is 1. The number of aromatic hydroxyl groups is 1. The number of nitrogens with zero attached hydrogens (tertiary/aromatic N) is 1. The monoisotopic (exact) mass is 315 g/mol. The zero-order valence-corrected chi connectivity index (χ0v) is 13.8. The van der Waals surface area contributed by atoms with Crippen LogP contribution in [0.1, 0.15) is 49.7 Å². The predicted molar refractivity (Wildman–Crippen MR) is 88.6 cm³/mol. The van der Waals surface area contributed by atoms with Crippen LogP contribution in [-0.4, -0.2) is 29.1 Å². The summed E-state index contributed by atoms with van der Waals surface area (Å²) in [6.07, 6.45) is 4.64. The molecule has 3 aliphatic carbocycles. The number of phenolic OH excluding ortho intramolecular Hbond substituents is 1. The van der Waals surface area contributed by atoms with E-state index in [0.29, 0.717) is 23.5 Å². The van der Waals surface area contributed by atoms with E-state index in [1.165, 1.54) is 11.1 Å². The predicted octanol–water partition coefficient (Wildman–Crippen LogP) is 3.22. The Bertz CT molecular complexity index is 656. The molecule has 4 rings (SSSR count). The van der Waals surface area contributed by atoms with E-state index in [-0.39, 0.29) is 5.41 Å². The van der Waals surface area contributed by atoms with Gasteiger partial charge in [0, 0.05) is 5.41 Å². The Hall–Kier alpha value is -1.55. The zero-order chi connectivity index (χ0) is 16.2. The highest BCUT2D eigenvalue weighted by atomic mass is 16.6. The number of fused-ring (bicyclic) bond motifs is 5. The quantitative estimate of drug-likeness (QED) is 0.782.